The predicted octanol–water partition coefficient (Wildman–Crippen LogP) is 13.1. The number of carbonyl (C=O) groups is 3. The lowest BCUT2D eigenvalue weighted by Gasteiger charge is -2.44. The van der Waals surface area contributed by atoms with Crippen LogP contribution in [0.25, 0.3) is 66.1 Å². The van der Waals surface area contributed by atoms with Gasteiger partial charge in [0.05, 0.1) is 64.5 Å². The molecular weight excluding hydrogens is 1550 g/mol. The van der Waals surface area contributed by atoms with E-state index in [1.54, 1.807) is 68.7 Å². The quantitative estimate of drug-likeness (QED) is 0.0634. The number of benzene rings is 6. The third kappa shape index (κ3) is 15.5. The van der Waals surface area contributed by atoms with Gasteiger partial charge in [0.1, 0.15) is 46.5 Å². The van der Waals surface area contributed by atoms with Crippen LogP contribution in [0.3, 0.4) is 0 Å². The molecule has 21 nitrogen and oxygen atoms in total. The maximum Gasteiger partial charge on any atom is 0.350 e. The van der Waals surface area contributed by atoms with Gasteiger partial charge < -0.3 is 43.6 Å². The smallest absolute Gasteiger partial charge is 0.350 e. The first-order valence-corrected chi connectivity index (χ1v) is 40.1. The van der Waals surface area contributed by atoms with Gasteiger partial charge >= 0.3 is 17.1 Å². The van der Waals surface area contributed by atoms with Gasteiger partial charge in [0.25, 0.3) is 0 Å². The van der Waals surface area contributed by atoms with Gasteiger partial charge in [0.2, 0.25) is 17.7 Å². The Balaban J connectivity index is 0.000000147. The van der Waals surface area contributed by atoms with E-state index >= 15 is 8.78 Å². The molecule has 6 atom stereocenters. The van der Waals surface area contributed by atoms with Gasteiger partial charge in [-0.2, -0.15) is 15.0 Å². The highest BCUT2D eigenvalue weighted by Gasteiger charge is 2.38. The Bertz CT molecular complexity index is 5500. The average molecular weight is 1630 g/mol. The number of ether oxygens (including phenoxy) is 3. The lowest BCUT2D eigenvalue weighted by molar-refractivity contribution is -0.130. The molecule has 3 aromatic heterocycles. The molecule has 0 aliphatic carbocycles. The van der Waals surface area contributed by atoms with Crippen molar-refractivity contribution in [3.05, 3.63) is 192 Å². The van der Waals surface area contributed by atoms with Crippen molar-refractivity contribution in [2.24, 2.45) is 0 Å². The van der Waals surface area contributed by atoms with Gasteiger partial charge in [-0.3, -0.25) is 28.1 Å². The Kier molecular flexibility index (Phi) is 24.3. The van der Waals surface area contributed by atoms with E-state index in [4.69, 9.17) is 37.4 Å². The summed E-state index contributed by atoms with van der Waals surface area (Å²) in [6, 6.07) is 16.2. The molecule has 0 radical (unpaired) electrons. The van der Waals surface area contributed by atoms with Crippen LogP contribution in [-0.4, -0.2) is 195 Å². The zero-order valence-corrected chi connectivity index (χ0v) is 67.1. The molecule has 0 spiro atoms. The number of aryl methyl sites for hydroxylation is 3. The normalized spacial score (nSPS) is 19.6. The molecule has 31 heteroatoms. The topological polar surface area (TPSA) is 203 Å². The molecular formula is C81H83Cl2F5N12O9S3. The van der Waals surface area contributed by atoms with E-state index in [9.17, 15) is 41.9 Å². The number of amides is 3. The molecule has 3 amide bonds. The molecule has 15 rings (SSSR count). The van der Waals surface area contributed by atoms with Gasteiger partial charge in [-0.1, -0.05) is 55.1 Å². The van der Waals surface area contributed by atoms with Crippen LogP contribution in [0.2, 0.25) is 10.0 Å². The minimum atomic E-state index is -0.837. The Labute approximate surface area is 666 Å². The monoisotopic (exact) mass is 1630 g/mol. The Morgan fingerprint density at radius 3 is 1.27 bits per heavy atom. The fourth-order valence-corrected chi connectivity index (χ4v) is 20.3. The Hall–Kier alpha value is -9.07. The number of thioether (sulfide) groups is 3. The van der Waals surface area contributed by atoms with Gasteiger partial charge in [0, 0.05) is 186 Å². The third-order valence-corrected chi connectivity index (χ3v) is 25.6. The largest absolute Gasteiger partial charge is 0.379 e. The highest BCUT2D eigenvalue weighted by atomic mass is 35.5. The summed E-state index contributed by atoms with van der Waals surface area (Å²) < 4.78 is 93.8. The Morgan fingerprint density at radius 1 is 0.464 bits per heavy atom. The summed E-state index contributed by atoms with van der Waals surface area (Å²) in [6.07, 6.45) is 3.25. The fourth-order valence-electron chi connectivity index (χ4n) is 15.9. The molecule has 0 bridgehead atoms. The standard InChI is InChI=1S/C28H31FN4O3S.C27H27ClF2N4O3S.C26H25ClF2N4O3S/c1-6-23(34)33-17(3)12-31(13-18(33)4)27-22-11-16(2)24(19-7-9-20(29)10-8-19)26-25(22)32(28(35)30-27)14-21(36-5)15-37-26;1-5-22(35)32-6-7-33(15(3)11-32)26-18-8-14(2)23(17-9-19(28)21(30)10-20(17)29)25-24(18)34(27(36)31-26)12-16(37-4)13-38-25;1-4-21(34)31-5-7-32(8-6-31)25-17-9-14(2)22(16-10-18(27)20(29)11-19(16)28)24-23(17)33(26(35)30-25)12-15(36-3)13-37-24/h6-11,17-18,21H,1,12-15H2,2-5H3;5,8-10,15-16H,1,6-7,11-13H2,2-4H3;4,9-11,15H,1,5-8,12-13H2,2-3H3/t17-,18+,21-;15-,16-;15-/m100/s1. The number of hydrogen-bond donors (Lipinski definition) is 0. The summed E-state index contributed by atoms with van der Waals surface area (Å²) >= 11 is 16.7. The molecule has 6 aliphatic heterocycles. The second-order valence-electron chi connectivity index (χ2n) is 28.5. The molecule has 0 saturated carbocycles. The number of anilines is 3. The summed E-state index contributed by atoms with van der Waals surface area (Å²) in [4.78, 5) is 104. The van der Waals surface area contributed by atoms with E-state index in [1.807, 2.05) is 68.4 Å². The van der Waals surface area contributed by atoms with Crippen molar-refractivity contribution >= 4 is 126 Å². The number of carbonyl (C=O) groups excluding carboxylic acids is 3. The minimum Gasteiger partial charge on any atom is -0.379 e. The molecule has 9 aromatic rings. The maximum atomic E-state index is 15.1. The van der Waals surface area contributed by atoms with Crippen molar-refractivity contribution in [2.75, 3.05) is 112 Å². The Morgan fingerprint density at radius 2 is 0.848 bits per heavy atom. The van der Waals surface area contributed by atoms with Crippen molar-refractivity contribution < 1.29 is 50.5 Å². The van der Waals surface area contributed by atoms with E-state index in [2.05, 4.69) is 45.7 Å². The van der Waals surface area contributed by atoms with Crippen LogP contribution in [0.4, 0.5) is 39.4 Å². The van der Waals surface area contributed by atoms with E-state index in [1.165, 1.54) is 66.0 Å². The highest BCUT2D eigenvalue weighted by molar-refractivity contribution is 8.00. The van der Waals surface area contributed by atoms with Crippen LogP contribution in [0.1, 0.15) is 37.5 Å². The van der Waals surface area contributed by atoms with Gasteiger partial charge in [0.15, 0.2) is 0 Å². The zero-order valence-electron chi connectivity index (χ0n) is 63.2. The summed E-state index contributed by atoms with van der Waals surface area (Å²) in [5.41, 5.74) is 6.69. The minimum absolute atomic E-state index is 0.0736. The average Bonchev–Trinajstić information content (AvgIpc) is 1.24. The highest BCUT2D eigenvalue weighted by Crippen LogP contribution is 2.49. The summed E-state index contributed by atoms with van der Waals surface area (Å²) in [7, 11) is 4.83. The number of methoxy groups -OCH3 is 3. The SMILES string of the molecule is C=CC(=O)N1CCN(c2nc(=O)n3c4c(c(-c5cc(Cl)c(F)cc5F)c(C)cc24)SC[C@@H](OC)C3)CC1.C=CC(=O)N1CCN(c2nc(=O)n3c4c(c(-c5cc(Cl)c(F)cc5F)c(C)cc24)SC[C@@H](OC)C3)[C@@H](C)C1.C=CC(=O)N1[C@H](C)CN(c2nc(=O)n3c4c(c(-c5ccc(F)cc5)c(C)cc24)SC[C@H](OC)C3)C[C@@H]1C. The summed E-state index contributed by atoms with van der Waals surface area (Å²) in [5, 5.41) is 2.02. The molecule has 3 saturated heterocycles. The van der Waals surface area contributed by atoms with Gasteiger partial charge in [-0.05, 0) is 124 Å². The number of halogens is 7. The fraction of sp³-hybridized carbons (Fsp3) is 0.370. The van der Waals surface area contributed by atoms with E-state index in [0.29, 0.717) is 132 Å². The number of nitrogens with zero attached hydrogens (tertiary/aromatic N) is 12. The number of aromatic nitrogens is 6. The zero-order chi connectivity index (χ0) is 80.2. The van der Waals surface area contributed by atoms with Crippen molar-refractivity contribution in [1.82, 2.24) is 43.4 Å². The first-order valence-electron chi connectivity index (χ1n) is 36.4. The molecule has 0 N–H and O–H groups in total. The molecule has 6 aliphatic rings. The van der Waals surface area contributed by atoms with E-state index in [-0.39, 0.29) is 99.9 Å². The predicted molar refractivity (Wildman–Crippen MR) is 434 cm³/mol. The van der Waals surface area contributed by atoms with Crippen molar-refractivity contribution in [1.29, 1.82) is 0 Å². The van der Waals surface area contributed by atoms with Crippen LogP contribution in [0.15, 0.2) is 134 Å². The lowest BCUT2D eigenvalue weighted by atomic mass is 9.97. The molecule has 9 heterocycles. The van der Waals surface area contributed by atoms with Gasteiger partial charge in [-0.15, -0.1) is 35.3 Å². The molecule has 6 aromatic carbocycles. The number of hydrogen-bond acceptors (Lipinski definition) is 18. The summed E-state index contributed by atoms with van der Waals surface area (Å²) in [5.74, 6) is -0.413. The third-order valence-electron chi connectivity index (χ3n) is 21.4. The van der Waals surface area contributed by atoms with Crippen molar-refractivity contribution in [3.8, 4) is 33.4 Å². The first kappa shape index (κ1) is 81.0. The first-order chi connectivity index (χ1) is 53.6. The number of piperazine rings is 3. The van der Waals surface area contributed by atoms with Crippen molar-refractivity contribution in [2.45, 2.75) is 112 Å². The van der Waals surface area contributed by atoms with Gasteiger partial charge in [-0.25, -0.2) is 36.3 Å². The van der Waals surface area contributed by atoms with Crippen LogP contribution >= 0.6 is 58.5 Å². The summed E-state index contributed by atoms with van der Waals surface area (Å²) in [6.45, 7) is 27.9. The van der Waals surface area contributed by atoms with E-state index in [0.717, 1.165) is 66.5 Å². The van der Waals surface area contributed by atoms with Crippen LogP contribution in [0.5, 0.6) is 0 Å². The van der Waals surface area contributed by atoms with Crippen LogP contribution in [-0.2, 0) is 48.2 Å². The van der Waals surface area contributed by atoms with Crippen LogP contribution in [0, 0.1) is 49.9 Å². The van der Waals surface area contributed by atoms with Crippen LogP contribution < -0.4 is 31.8 Å². The second kappa shape index (κ2) is 33.5. The second-order valence-corrected chi connectivity index (χ2v) is 32.4. The molecule has 588 valence electrons. The number of rotatable bonds is 12. The maximum absolute atomic E-state index is 15.1. The van der Waals surface area contributed by atoms with E-state index < -0.39 is 34.6 Å². The van der Waals surface area contributed by atoms with Crippen molar-refractivity contribution in [3.63, 3.8) is 0 Å². The molecule has 0 unspecified atom stereocenters. The molecule has 3 fully saturated rings. The lowest BCUT2D eigenvalue weighted by Crippen LogP contribution is -2.58. The molecule has 112 heavy (non-hydrogen) atoms.